The number of nitrogen functional groups attached to an aromatic ring is 1. The van der Waals surface area contributed by atoms with E-state index in [0.29, 0.717) is 5.75 Å². The van der Waals surface area contributed by atoms with Crippen LogP contribution in [-0.4, -0.2) is 26.6 Å². The number of aromatic nitrogens is 1. The van der Waals surface area contributed by atoms with E-state index >= 15 is 0 Å². The molecule has 0 atom stereocenters. The maximum absolute atomic E-state index is 10.1. The fraction of sp³-hybridized carbons (Fsp3) is 0.400. The third-order valence-electron chi connectivity index (χ3n) is 2.26. The van der Waals surface area contributed by atoms with Crippen LogP contribution in [0.3, 0.4) is 0 Å². The predicted octanol–water partition coefficient (Wildman–Crippen LogP) is 4.39. The van der Waals surface area contributed by atoms with Gasteiger partial charge in [-0.3, -0.25) is 4.79 Å². The lowest BCUT2D eigenvalue weighted by Gasteiger charge is -2.15. The molecule has 6 heteroatoms. The molecule has 0 saturated heterocycles. The molecule has 1 heterocycles. The van der Waals surface area contributed by atoms with Gasteiger partial charge in [0.15, 0.2) is 0 Å². The summed E-state index contributed by atoms with van der Waals surface area (Å²) in [6, 6.07) is 9.94. The van der Waals surface area contributed by atoms with Gasteiger partial charge < -0.3 is 15.8 Å². The minimum absolute atomic E-state index is 0.225. The smallest absolute Gasteiger partial charge is 0.304 e. The molecule has 2 aromatic rings. The molecule has 0 amide bonds. The monoisotopic (exact) mass is 326 g/mol. The molecule has 0 aliphatic carbocycles. The van der Waals surface area contributed by atoms with Crippen molar-refractivity contribution in [1.82, 2.24) is 4.98 Å². The summed E-state index contributed by atoms with van der Waals surface area (Å²) in [4.78, 5) is 13.1. The van der Waals surface area contributed by atoms with Crippen LogP contribution in [0.1, 0.15) is 27.2 Å². The van der Waals surface area contributed by atoms with Gasteiger partial charge in [-0.25, -0.2) is 0 Å². The molecule has 0 radical (unpaired) electrons. The van der Waals surface area contributed by atoms with E-state index < -0.39 is 5.97 Å². The highest BCUT2D eigenvalue weighted by Crippen LogP contribution is 2.35. The normalized spacial score (nSPS) is 11.0. The first kappa shape index (κ1) is 17.8. The first-order valence-electron chi connectivity index (χ1n) is 6.63. The lowest BCUT2D eigenvalue weighted by molar-refractivity contribution is -0.136. The number of carboxylic acids is 1. The van der Waals surface area contributed by atoms with Gasteiger partial charge >= 0.3 is 5.97 Å². The zero-order valence-corrected chi connectivity index (χ0v) is 14.2. The van der Waals surface area contributed by atoms with Crippen LogP contribution in [0.2, 0.25) is 0 Å². The van der Waals surface area contributed by atoms with Gasteiger partial charge in [0, 0.05) is 21.4 Å². The number of nitrogens with two attached hydrogens (primary N) is 1. The van der Waals surface area contributed by atoms with E-state index in [1.807, 2.05) is 30.3 Å². The minimum Gasteiger partial charge on any atom is -0.481 e. The lowest BCUT2D eigenvalue weighted by atomic mass is 10.3. The highest BCUT2D eigenvalue weighted by atomic mass is 33.1. The van der Waals surface area contributed by atoms with E-state index in [4.69, 9.17) is 10.8 Å². The molecule has 0 unspecified atom stereocenters. The number of nitrogens with one attached hydrogen (secondary N) is 1. The molecule has 4 N–H and O–H groups in total. The number of hydrogen-bond acceptors (Lipinski definition) is 4. The standard InChI is InChI=1S/C8H8N2.C7H14O2S2/c9-8-5-6-3-1-2-4-7(6)10-8;1-7(2,3)11-10-5-4-6(8)9/h1-5,10H,9H2;4-5H2,1-3H3,(H,8,9). The summed E-state index contributed by atoms with van der Waals surface area (Å²) < 4.78 is 0.225. The number of carboxylic acid groups (broad SMARTS) is 1. The summed E-state index contributed by atoms with van der Waals surface area (Å²) in [6.07, 6.45) is 0.258. The molecule has 4 nitrogen and oxygen atoms in total. The van der Waals surface area contributed by atoms with Crippen molar-refractivity contribution in [2.24, 2.45) is 0 Å². The summed E-state index contributed by atoms with van der Waals surface area (Å²) in [7, 11) is 3.35. The molecule has 1 aromatic heterocycles. The summed E-state index contributed by atoms with van der Waals surface area (Å²) >= 11 is 0. The number of aromatic amines is 1. The van der Waals surface area contributed by atoms with Crippen molar-refractivity contribution < 1.29 is 9.90 Å². The summed E-state index contributed by atoms with van der Waals surface area (Å²) in [5.41, 5.74) is 6.63. The molecule has 0 aliphatic rings. The van der Waals surface area contributed by atoms with Gasteiger partial charge in [-0.15, -0.1) is 0 Å². The Balaban J connectivity index is 0.000000210. The van der Waals surface area contributed by atoms with Crippen LogP contribution < -0.4 is 5.73 Å². The SMILES string of the molecule is CC(C)(C)SSCCC(=O)O.Nc1cc2ccccc2[nH]1. The average Bonchev–Trinajstić information content (AvgIpc) is 2.74. The van der Waals surface area contributed by atoms with Crippen molar-refractivity contribution in [2.45, 2.75) is 31.9 Å². The molecule has 0 bridgehead atoms. The molecule has 0 fully saturated rings. The Morgan fingerprint density at radius 3 is 2.57 bits per heavy atom. The Hall–Kier alpha value is -1.27. The first-order chi connectivity index (χ1) is 9.78. The zero-order chi connectivity index (χ0) is 15.9. The maximum Gasteiger partial charge on any atom is 0.304 e. The van der Waals surface area contributed by atoms with E-state index in [1.165, 1.54) is 5.39 Å². The Bertz CT molecular complexity index is 543. The molecule has 1 aromatic carbocycles. The fourth-order valence-electron chi connectivity index (χ4n) is 1.44. The van der Waals surface area contributed by atoms with Crippen LogP contribution in [0.5, 0.6) is 0 Å². The third kappa shape index (κ3) is 7.92. The van der Waals surface area contributed by atoms with Crippen LogP contribution in [0.15, 0.2) is 30.3 Å². The summed E-state index contributed by atoms with van der Waals surface area (Å²) in [6.45, 7) is 6.35. The second-order valence-corrected chi connectivity index (χ2v) is 8.72. The quantitative estimate of drug-likeness (QED) is 0.573. The van der Waals surface area contributed by atoms with Gasteiger partial charge in [-0.05, 0) is 12.1 Å². The lowest BCUT2D eigenvalue weighted by Crippen LogP contribution is -2.05. The molecule has 0 saturated carbocycles. The number of anilines is 1. The number of benzene rings is 1. The number of carbonyl (C=O) groups is 1. The summed E-state index contributed by atoms with van der Waals surface area (Å²) in [5, 5.41) is 9.49. The Labute approximate surface area is 133 Å². The maximum atomic E-state index is 10.1. The van der Waals surface area contributed by atoms with Gasteiger partial charge in [0.25, 0.3) is 0 Å². The van der Waals surface area contributed by atoms with E-state index in [2.05, 4.69) is 25.8 Å². The molecular formula is C15H22N2O2S2. The van der Waals surface area contributed by atoms with Crippen molar-refractivity contribution in [3.05, 3.63) is 30.3 Å². The van der Waals surface area contributed by atoms with Crippen molar-refractivity contribution in [3.8, 4) is 0 Å². The van der Waals surface area contributed by atoms with E-state index in [0.717, 1.165) is 11.3 Å². The topological polar surface area (TPSA) is 79.1 Å². The van der Waals surface area contributed by atoms with Crippen LogP contribution in [0, 0.1) is 0 Å². The second kappa shape index (κ2) is 8.24. The first-order valence-corrected chi connectivity index (χ1v) is 8.95. The largest absolute Gasteiger partial charge is 0.481 e. The molecule has 21 heavy (non-hydrogen) atoms. The second-order valence-electron chi connectivity index (χ2n) is 5.47. The van der Waals surface area contributed by atoms with Crippen molar-refractivity contribution in [3.63, 3.8) is 0 Å². The molecule has 0 aliphatic heterocycles. The van der Waals surface area contributed by atoms with E-state index in [-0.39, 0.29) is 11.2 Å². The summed E-state index contributed by atoms with van der Waals surface area (Å²) in [5.74, 6) is 0.699. The third-order valence-corrected chi connectivity index (χ3v) is 5.60. The zero-order valence-electron chi connectivity index (χ0n) is 12.6. The van der Waals surface area contributed by atoms with Gasteiger partial charge in [0.2, 0.25) is 0 Å². The van der Waals surface area contributed by atoms with Crippen LogP contribution in [0.25, 0.3) is 10.9 Å². The molecular weight excluding hydrogens is 304 g/mol. The van der Waals surface area contributed by atoms with E-state index in [1.54, 1.807) is 21.6 Å². The fourth-order valence-corrected chi connectivity index (χ4v) is 3.70. The number of aliphatic carboxylic acids is 1. The number of H-pyrrole nitrogens is 1. The van der Waals surface area contributed by atoms with E-state index in [9.17, 15) is 4.79 Å². The number of hydrogen-bond donors (Lipinski definition) is 3. The average molecular weight is 326 g/mol. The number of rotatable bonds is 4. The van der Waals surface area contributed by atoms with Crippen molar-refractivity contribution in [1.29, 1.82) is 0 Å². The minimum atomic E-state index is -0.716. The van der Waals surface area contributed by atoms with Gasteiger partial charge in [0.05, 0.1) is 6.42 Å². The number of fused-ring (bicyclic) bond motifs is 1. The predicted molar refractivity (Wildman–Crippen MR) is 94.8 cm³/mol. The Morgan fingerprint density at radius 2 is 2.00 bits per heavy atom. The molecule has 2 rings (SSSR count). The highest BCUT2D eigenvalue weighted by molar-refractivity contribution is 8.77. The van der Waals surface area contributed by atoms with Gasteiger partial charge in [-0.2, -0.15) is 0 Å². The van der Waals surface area contributed by atoms with Gasteiger partial charge in [0.1, 0.15) is 5.82 Å². The van der Waals surface area contributed by atoms with Crippen LogP contribution >= 0.6 is 21.6 Å². The molecule has 0 spiro atoms. The molecule has 116 valence electrons. The number of para-hydroxylation sites is 1. The Kier molecular flexibility index (Phi) is 6.98. The van der Waals surface area contributed by atoms with Crippen LogP contribution in [-0.2, 0) is 4.79 Å². The van der Waals surface area contributed by atoms with Gasteiger partial charge in [-0.1, -0.05) is 60.6 Å². The van der Waals surface area contributed by atoms with Crippen molar-refractivity contribution in [2.75, 3.05) is 11.5 Å². The highest BCUT2D eigenvalue weighted by Gasteiger charge is 2.10. The Morgan fingerprint density at radius 1 is 1.33 bits per heavy atom. The van der Waals surface area contributed by atoms with Crippen LogP contribution in [0.4, 0.5) is 5.82 Å². The van der Waals surface area contributed by atoms with Crippen molar-refractivity contribution >= 4 is 44.3 Å².